The van der Waals surface area contributed by atoms with E-state index in [0.29, 0.717) is 6.04 Å². The van der Waals surface area contributed by atoms with Crippen LogP contribution < -0.4 is 5.32 Å². The van der Waals surface area contributed by atoms with Gasteiger partial charge in [-0.1, -0.05) is 38.8 Å². The lowest BCUT2D eigenvalue weighted by Gasteiger charge is -2.27. The minimum Gasteiger partial charge on any atom is -0.379 e. The van der Waals surface area contributed by atoms with E-state index in [2.05, 4.69) is 76.1 Å². The fourth-order valence-electron chi connectivity index (χ4n) is 2.06. The van der Waals surface area contributed by atoms with E-state index in [1.54, 1.807) is 7.11 Å². The van der Waals surface area contributed by atoms with E-state index >= 15 is 0 Å². The Hall–Kier alpha value is 0.1000. The summed E-state index contributed by atoms with van der Waals surface area (Å²) in [5.41, 5.74) is 1.23. The highest BCUT2D eigenvalue weighted by molar-refractivity contribution is 9.11. The van der Waals surface area contributed by atoms with Crippen molar-refractivity contribution in [1.82, 2.24) is 5.32 Å². The molecule has 114 valence electrons. The fraction of sp³-hybridized carbons (Fsp3) is 0.625. The van der Waals surface area contributed by atoms with Crippen LogP contribution in [0.5, 0.6) is 0 Å². The molecule has 1 rings (SSSR count). The summed E-state index contributed by atoms with van der Waals surface area (Å²) < 4.78 is 7.81. The Morgan fingerprint density at radius 3 is 2.60 bits per heavy atom. The maximum atomic E-state index is 5.53. The predicted octanol–water partition coefficient (Wildman–Crippen LogP) is 5.46. The lowest BCUT2D eigenvalue weighted by Crippen LogP contribution is -2.28. The molecule has 0 saturated heterocycles. The average Bonchev–Trinajstić information content (AvgIpc) is 2.42. The molecule has 0 radical (unpaired) electrons. The van der Waals surface area contributed by atoms with Crippen molar-refractivity contribution in [2.75, 3.05) is 13.7 Å². The number of hydrogen-bond acceptors (Lipinski definition) is 2. The second-order valence-electron chi connectivity index (χ2n) is 5.68. The minimum absolute atomic E-state index is 0.0787. The van der Waals surface area contributed by atoms with Crippen LogP contribution in [0.3, 0.4) is 0 Å². The Balaban J connectivity index is 2.85. The zero-order valence-electron chi connectivity index (χ0n) is 12.8. The third-order valence-corrected chi connectivity index (χ3v) is 4.78. The van der Waals surface area contributed by atoms with Gasteiger partial charge in [-0.05, 0) is 63.4 Å². The van der Waals surface area contributed by atoms with Gasteiger partial charge >= 0.3 is 0 Å². The van der Waals surface area contributed by atoms with E-state index in [4.69, 9.17) is 4.74 Å². The Morgan fingerprint density at radius 2 is 2.00 bits per heavy atom. The topological polar surface area (TPSA) is 21.3 Å². The van der Waals surface area contributed by atoms with Gasteiger partial charge in [0.15, 0.2) is 0 Å². The lowest BCUT2D eigenvalue weighted by atomic mass is 9.95. The zero-order chi connectivity index (χ0) is 15.2. The van der Waals surface area contributed by atoms with Gasteiger partial charge in [-0.15, -0.1) is 0 Å². The first-order valence-corrected chi connectivity index (χ1v) is 8.71. The van der Waals surface area contributed by atoms with Crippen molar-refractivity contribution in [3.63, 3.8) is 0 Å². The van der Waals surface area contributed by atoms with E-state index in [1.165, 1.54) is 5.56 Å². The summed E-state index contributed by atoms with van der Waals surface area (Å²) in [6.07, 6.45) is 3.20. The third-order valence-electron chi connectivity index (χ3n) is 3.56. The third kappa shape index (κ3) is 5.84. The van der Waals surface area contributed by atoms with Crippen LogP contribution in [0.1, 0.15) is 51.6 Å². The van der Waals surface area contributed by atoms with E-state index in [1.807, 2.05) is 0 Å². The molecule has 0 saturated carbocycles. The summed E-state index contributed by atoms with van der Waals surface area (Å²) in [7, 11) is 1.78. The summed E-state index contributed by atoms with van der Waals surface area (Å²) in [6, 6.07) is 6.69. The number of methoxy groups -OCH3 is 1. The fourth-order valence-corrected chi connectivity index (χ4v) is 2.96. The number of benzene rings is 1. The molecule has 1 N–H and O–H groups in total. The summed E-state index contributed by atoms with van der Waals surface area (Å²) in [5.74, 6) is 0. The Morgan fingerprint density at radius 1 is 1.30 bits per heavy atom. The van der Waals surface area contributed by atoms with Gasteiger partial charge in [0.05, 0.1) is 5.60 Å². The van der Waals surface area contributed by atoms with Crippen LogP contribution >= 0.6 is 31.9 Å². The molecule has 20 heavy (non-hydrogen) atoms. The largest absolute Gasteiger partial charge is 0.379 e. The van der Waals surface area contributed by atoms with Gasteiger partial charge in [0, 0.05) is 22.1 Å². The van der Waals surface area contributed by atoms with E-state index in [9.17, 15) is 0 Å². The summed E-state index contributed by atoms with van der Waals surface area (Å²) in [5, 5.41) is 3.64. The molecule has 0 fully saturated rings. The van der Waals surface area contributed by atoms with Crippen molar-refractivity contribution in [3.05, 3.63) is 32.7 Å². The Labute approximate surface area is 139 Å². The van der Waals surface area contributed by atoms with Gasteiger partial charge in [0.25, 0.3) is 0 Å². The number of halogens is 2. The monoisotopic (exact) mass is 405 g/mol. The highest BCUT2D eigenvalue weighted by Gasteiger charge is 2.21. The van der Waals surface area contributed by atoms with Crippen molar-refractivity contribution in [3.8, 4) is 0 Å². The van der Waals surface area contributed by atoms with Crippen molar-refractivity contribution >= 4 is 31.9 Å². The van der Waals surface area contributed by atoms with Crippen LogP contribution in [0.2, 0.25) is 0 Å². The summed E-state index contributed by atoms with van der Waals surface area (Å²) >= 11 is 7.23. The maximum Gasteiger partial charge on any atom is 0.0623 e. The van der Waals surface area contributed by atoms with E-state index in [-0.39, 0.29) is 5.60 Å². The van der Waals surface area contributed by atoms with Gasteiger partial charge in [0.1, 0.15) is 0 Å². The zero-order valence-corrected chi connectivity index (χ0v) is 16.0. The molecule has 4 heteroatoms. The van der Waals surface area contributed by atoms with Crippen molar-refractivity contribution in [2.24, 2.45) is 0 Å². The molecule has 1 atom stereocenters. The second kappa shape index (κ2) is 8.52. The van der Waals surface area contributed by atoms with Crippen LogP contribution in [0, 0.1) is 0 Å². The van der Waals surface area contributed by atoms with E-state index in [0.717, 1.165) is 34.8 Å². The molecular weight excluding hydrogens is 382 g/mol. The van der Waals surface area contributed by atoms with Gasteiger partial charge in [-0.3, -0.25) is 0 Å². The highest BCUT2D eigenvalue weighted by atomic mass is 79.9. The van der Waals surface area contributed by atoms with Crippen LogP contribution in [0.15, 0.2) is 27.1 Å². The minimum atomic E-state index is -0.0787. The molecular formula is C16H25Br2NO. The molecule has 0 aromatic heterocycles. The van der Waals surface area contributed by atoms with Crippen LogP contribution in [-0.4, -0.2) is 19.3 Å². The smallest absolute Gasteiger partial charge is 0.0623 e. The first kappa shape index (κ1) is 18.1. The summed E-state index contributed by atoms with van der Waals surface area (Å²) in [4.78, 5) is 0. The normalized spacial score (nSPS) is 13.5. The molecule has 0 amide bonds. The molecule has 0 aliphatic carbocycles. The van der Waals surface area contributed by atoms with Gasteiger partial charge in [-0.2, -0.15) is 0 Å². The van der Waals surface area contributed by atoms with E-state index < -0.39 is 0 Å². The Kier molecular flexibility index (Phi) is 7.73. The quantitative estimate of drug-likeness (QED) is 0.618. The molecule has 1 aromatic rings. The molecule has 0 bridgehead atoms. The first-order chi connectivity index (χ1) is 9.39. The molecule has 1 unspecified atom stereocenters. The first-order valence-electron chi connectivity index (χ1n) is 7.13. The van der Waals surface area contributed by atoms with Crippen LogP contribution in [0.25, 0.3) is 0 Å². The second-order valence-corrected chi connectivity index (χ2v) is 7.45. The molecule has 0 spiro atoms. The summed E-state index contributed by atoms with van der Waals surface area (Å²) in [6.45, 7) is 7.50. The molecule has 0 aliphatic rings. The van der Waals surface area contributed by atoms with Crippen LogP contribution in [0.4, 0.5) is 0 Å². The molecule has 1 aromatic carbocycles. The standard InChI is InChI=1S/C16H25Br2NO/c1-5-10-19-15(8-9-16(2,3)20-4)13-11-12(17)6-7-14(13)18/h6-7,11,15,19H,5,8-10H2,1-4H3. The maximum absolute atomic E-state index is 5.53. The van der Waals surface area contributed by atoms with Crippen LogP contribution in [-0.2, 0) is 4.74 Å². The molecule has 2 nitrogen and oxygen atoms in total. The Bertz CT molecular complexity index is 421. The molecule has 0 aliphatic heterocycles. The SMILES string of the molecule is CCCNC(CCC(C)(C)OC)c1cc(Br)ccc1Br. The number of nitrogens with one attached hydrogen (secondary N) is 1. The van der Waals surface area contributed by atoms with Crippen molar-refractivity contribution < 1.29 is 4.74 Å². The van der Waals surface area contributed by atoms with Crippen molar-refractivity contribution in [2.45, 2.75) is 51.7 Å². The molecule has 0 heterocycles. The average molecular weight is 407 g/mol. The number of ether oxygens (including phenoxy) is 1. The van der Waals surface area contributed by atoms with Gasteiger partial charge in [-0.25, -0.2) is 0 Å². The van der Waals surface area contributed by atoms with Gasteiger partial charge in [0.2, 0.25) is 0 Å². The number of hydrogen-bond donors (Lipinski definition) is 1. The van der Waals surface area contributed by atoms with Crippen molar-refractivity contribution in [1.29, 1.82) is 0 Å². The van der Waals surface area contributed by atoms with Gasteiger partial charge < -0.3 is 10.1 Å². The lowest BCUT2D eigenvalue weighted by molar-refractivity contribution is 0.0116. The highest BCUT2D eigenvalue weighted by Crippen LogP contribution is 2.31. The number of rotatable bonds is 8. The predicted molar refractivity (Wildman–Crippen MR) is 93.2 cm³/mol.